The summed E-state index contributed by atoms with van der Waals surface area (Å²) in [5.74, 6) is -0.109. The van der Waals surface area contributed by atoms with Crippen LogP contribution in [0.25, 0.3) is 0 Å². The van der Waals surface area contributed by atoms with Crippen LogP contribution >= 0.6 is 0 Å². The number of benzene rings is 2. The lowest BCUT2D eigenvalue weighted by atomic mass is 9.97. The number of nitrogens with zero attached hydrogens (tertiary/aromatic N) is 2. The molecule has 132 valence electrons. The summed E-state index contributed by atoms with van der Waals surface area (Å²) in [7, 11) is 1.61. The zero-order valence-corrected chi connectivity index (χ0v) is 14.4. The highest BCUT2D eigenvalue weighted by Gasteiger charge is 2.35. The molecule has 0 spiro atoms. The van der Waals surface area contributed by atoms with Crippen LogP contribution in [0.4, 0.5) is 4.39 Å². The molecule has 26 heavy (non-hydrogen) atoms. The molecule has 1 amide bonds. The number of hydrogen-bond acceptors (Lipinski definition) is 2. The first-order valence-electron chi connectivity index (χ1n) is 8.54. The molecular formula is C21H19FN2O2. The first-order valence-corrected chi connectivity index (χ1v) is 8.54. The van der Waals surface area contributed by atoms with Crippen molar-refractivity contribution < 1.29 is 13.9 Å². The zero-order chi connectivity index (χ0) is 18.1. The standard InChI is InChI=1S/C21H19FN2O2/c1-26-19-11-5-3-8-16(19)20-18-10-6-12-23(18)13-14-24(20)21(25)15-7-2-4-9-17(15)22/h2-12,20H,13-14H2,1H3. The monoisotopic (exact) mass is 350 g/mol. The maximum Gasteiger partial charge on any atom is 0.257 e. The lowest BCUT2D eigenvalue weighted by Gasteiger charge is -2.38. The number of hydrogen-bond donors (Lipinski definition) is 0. The normalized spacial score (nSPS) is 16.2. The minimum Gasteiger partial charge on any atom is -0.496 e. The molecule has 1 aliphatic rings. The van der Waals surface area contributed by atoms with Crippen molar-refractivity contribution in [2.45, 2.75) is 12.6 Å². The van der Waals surface area contributed by atoms with Crippen LogP contribution in [0.1, 0.15) is 27.7 Å². The van der Waals surface area contributed by atoms with E-state index < -0.39 is 5.82 Å². The molecule has 1 unspecified atom stereocenters. The van der Waals surface area contributed by atoms with Crippen molar-refractivity contribution >= 4 is 5.91 Å². The lowest BCUT2D eigenvalue weighted by molar-refractivity contribution is 0.0657. The molecule has 0 saturated carbocycles. The SMILES string of the molecule is COc1ccccc1C1c2cccn2CCN1C(=O)c1ccccc1F. The molecule has 2 heterocycles. The topological polar surface area (TPSA) is 34.5 Å². The Morgan fingerprint density at radius 2 is 1.81 bits per heavy atom. The fourth-order valence-corrected chi connectivity index (χ4v) is 3.61. The van der Waals surface area contributed by atoms with E-state index in [2.05, 4.69) is 4.57 Å². The van der Waals surface area contributed by atoms with Gasteiger partial charge < -0.3 is 14.2 Å². The van der Waals surface area contributed by atoms with Gasteiger partial charge in [-0.05, 0) is 30.3 Å². The van der Waals surface area contributed by atoms with Crippen LogP contribution in [-0.4, -0.2) is 29.0 Å². The highest BCUT2D eigenvalue weighted by molar-refractivity contribution is 5.95. The molecular weight excluding hydrogens is 331 g/mol. The van der Waals surface area contributed by atoms with Gasteiger partial charge in [0.25, 0.3) is 5.91 Å². The lowest BCUT2D eigenvalue weighted by Crippen LogP contribution is -2.42. The molecule has 3 aromatic rings. The summed E-state index contributed by atoms with van der Waals surface area (Å²) in [6.45, 7) is 1.17. The van der Waals surface area contributed by atoms with Crippen molar-refractivity contribution in [2.75, 3.05) is 13.7 Å². The second-order valence-corrected chi connectivity index (χ2v) is 6.25. The van der Waals surface area contributed by atoms with Crippen LogP contribution in [0, 0.1) is 5.82 Å². The number of methoxy groups -OCH3 is 1. The van der Waals surface area contributed by atoms with Crippen LogP contribution in [0.15, 0.2) is 66.9 Å². The second kappa shape index (κ2) is 6.67. The Bertz CT molecular complexity index is 950. The molecule has 0 fully saturated rings. The summed E-state index contributed by atoms with van der Waals surface area (Å²) in [4.78, 5) is 14.9. The summed E-state index contributed by atoms with van der Waals surface area (Å²) in [6.07, 6.45) is 2.00. The number of rotatable bonds is 3. The van der Waals surface area contributed by atoms with Crippen LogP contribution in [0.2, 0.25) is 0 Å². The third-order valence-electron chi connectivity index (χ3n) is 4.84. The van der Waals surface area contributed by atoms with Crippen molar-refractivity contribution in [3.8, 4) is 5.75 Å². The van der Waals surface area contributed by atoms with E-state index in [1.54, 1.807) is 24.1 Å². The zero-order valence-electron chi connectivity index (χ0n) is 14.4. The predicted molar refractivity (Wildman–Crippen MR) is 96.7 cm³/mol. The Balaban J connectivity index is 1.84. The Morgan fingerprint density at radius 1 is 1.04 bits per heavy atom. The van der Waals surface area contributed by atoms with Gasteiger partial charge in [0, 0.05) is 30.5 Å². The van der Waals surface area contributed by atoms with Crippen molar-refractivity contribution in [3.63, 3.8) is 0 Å². The minimum absolute atomic E-state index is 0.0902. The molecule has 0 N–H and O–H groups in total. The number of aromatic nitrogens is 1. The Hall–Kier alpha value is -3.08. The van der Waals surface area contributed by atoms with Gasteiger partial charge in [-0.3, -0.25) is 4.79 Å². The molecule has 5 heteroatoms. The van der Waals surface area contributed by atoms with Gasteiger partial charge in [-0.15, -0.1) is 0 Å². The fourth-order valence-electron chi connectivity index (χ4n) is 3.61. The number of amides is 1. The first kappa shape index (κ1) is 16.4. The summed E-state index contributed by atoms with van der Waals surface area (Å²) >= 11 is 0. The van der Waals surface area contributed by atoms with Crippen molar-refractivity contribution in [2.24, 2.45) is 0 Å². The average molecular weight is 350 g/mol. The van der Waals surface area contributed by atoms with E-state index in [-0.39, 0.29) is 17.5 Å². The third kappa shape index (κ3) is 2.65. The maximum atomic E-state index is 14.2. The third-order valence-corrected chi connectivity index (χ3v) is 4.84. The van der Waals surface area contributed by atoms with E-state index in [0.717, 1.165) is 11.3 Å². The van der Waals surface area contributed by atoms with Gasteiger partial charge >= 0.3 is 0 Å². The number of para-hydroxylation sites is 1. The fraction of sp³-hybridized carbons (Fsp3) is 0.190. The van der Waals surface area contributed by atoms with E-state index in [1.807, 2.05) is 42.6 Å². The van der Waals surface area contributed by atoms with E-state index in [1.165, 1.54) is 12.1 Å². The van der Waals surface area contributed by atoms with E-state index >= 15 is 0 Å². The largest absolute Gasteiger partial charge is 0.496 e. The van der Waals surface area contributed by atoms with Gasteiger partial charge in [0.05, 0.1) is 12.7 Å². The highest BCUT2D eigenvalue weighted by Crippen LogP contribution is 2.38. The van der Waals surface area contributed by atoms with E-state index in [9.17, 15) is 9.18 Å². The number of halogens is 1. The first-order chi connectivity index (χ1) is 12.7. The number of fused-ring (bicyclic) bond motifs is 1. The van der Waals surface area contributed by atoms with Crippen molar-refractivity contribution in [1.29, 1.82) is 0 Å². The number of carbonyl (C=O) groups is 1. The molecule has 0 saturated heterocycles. The van der Waals surface area contributed by atoms with Crippen LogP contribution in [0.3, 0.4) is 0 Å². The van der Waals surface area contributed by atoms with Gasteiger partial charge in [-0.25, -0.2) is 4.39 Å². The molecule has 0 aliphatic carbocycles. The number of carbonyl (C=O) groups excluding carboxylic acids is 1. The Labute approximate surface area is 151 Å². The van der Waals surface area contributed by atoms with Gasteiger partial charge in [-0.2, -0.15) is 0 Å². The van der Waals surface area contributed by atoms with Gasteiger partial charge in [0.15, 0.2) is 0 Å². The second-order valence-electron chi connectivity index (χ2n) is 6.25. The quantitative estimate of drug-likeness (QED) is 0.718. The minimum atomic E-state index is -0.503. The summed E-state index contributed by atoms with van der Waals surface area (Å²) < 4.78 is 21.9. The molecule has 0 bridgehead atoms. The molecule has 2 aromatic carbocycles. The highest BCUT2D eigenvalue weighted by atomic mass is 19.1. The Morgan fingerprint density at radius 3 is 2.62 bits per heavy atom. The molecule has 0 radical (unpaired) electrons. The van der Waals surface area contributed by atoms with Gasteiger partial charge in [0.2, 0.25) is 0 Å². The molecule has 1 aromatic heterocycles. The van der Waals surface area contributed by atoms with Crippen LogP contribution in [0.5, 0.6) is 5.75 Å². The maximum absolute atomic E-state index is 14.2. The van der Waals surface area contributed by atoms with Gasteiger partial charge in [-0.1, -0.05) is 30.3 Å². The summed E-state index contributed by atoms with van der Waals surface area (Å²) in [6, 6.07) is 17.4. The van der Waals surface area contributed by atoms with Gasteiger partial charge in [0.1, 0.15) is 17.6 Å². The smallest absolute Gasteiger partial charge is 0.257 e. The van der Waals surface area contributed by atoms with E-state index in [0.29, 0.717) is 18.8 Å². The van der Waals surface area contributed by atoms with Crippen molar-refractivity contribution in [1.82, 2.24) is 9.47 Å². The average Bonchev–Trinajstić information content (AvgIpc) is 3.16. The van der Waals surface area contributed by atoms with Crippen LogP contribution in [-0.2, 0) is 6.54 Å². The molecule has 1 atom stereocenters. The van der Waals surface area contributed by atoms with Crippen molar-refractivity contribution in [3.05, 3.63) is 89.5 Å². The summed E-state index contributed by atoms with van der Waals surface area (Å²) in [5, 5.41) is 0. The molecule has 4 nitrogen and oxygen atoms in total. The predicted octanol–water partition coefficient (Wildman–Crippen LogP) is 3.88. The molecule has 4 rings (SSSR count). The number of ether oxygens (including phenoxy) is 1. The van der Waals surface area contributed by atoms with Crippen LogP contribution < -0.4 is 4.74 Å². The Kier molecular flexibility index (Phi) is 4.21. The van der Waals surface area contributed by atoms with E-state index in [4.69, 9.17) is 4.74 Å². The molecule has 1 aliphatic heterocycles. The summed E-state index contributed by atoms with van der Waals surface area (Å²) in [5.41, 5.74) is 1.97.